The lowest BCUT2D eigenvalue weighted by atomic mass is 10.2. The molecule has 9 nitrogen and oxygen atoms in total. The SMILES string of the molecule is O=C(COc1ccc(S(=O)(=O)N2CCCC2)cc1[N+](=O)[O-])N1CCCCCC1. The zero-order chi connectivity index (χ0) is 20.1. The number of hydrogen-bond acceptors (Lipinski definition) is 6. The minimum Gasteiger partial charge on any atom is -0.477 e. The quantitative estimate of drug-likeness (QED) is 0.524. The smallest absolute Gasteiger partial charge is 0.312 e. The predicted molar refractivity (Wildman–Crippen MR) is 102 cm³/mol. The van der Waals surface area contributed by atoms with Crippen LogP contribution in [0.15, 0.2) is 23.1 Å². The van der Waals surface area contributed by atoms with Gasteiger partial charge in [0.1, 0.15) is 0 Å². The van der Waals surface area contributed by atoms with Gasteiger partial charge in [0.05, 0.1) is 9.82 Å². The Morgan fingerprint density at radius 2 is 1.64 bits per heavy atom. The van der Waals surface area contributed by atoms with E-state index in [2.05, 4.69) is 0 Å². The third kappa shape index (κ3) is 4.61. The molecular formula is C18H25N3O6S. The second-order valence-corrected chi connectivity index (χ2v) is 9.02. The van der Waals surface area contributed by atoms with Crippen molar-refractivity contribution < 1.29 is 22.9 Å². The molecule has 2 saturated heterocycles. The van der Waals surface area contributed by atoms with Crippen molar-refractivity contribution in [3.05, 3.63) is 28.3 Å². The van der Waals surface area contributed by atoms with Crippen LogP contribution >= 0.6 is 0 Å². The van der Waals surface area contributed by atoms with E-state index in [-0.39, 0.29) is 23.2 Å². The van der Waals surface area contributed by atoms with E-state index in [1.165, 1.54) is 16.4 Å². The number of amides is 1. The first-order chi connectivity index (χ1) is 13.4. The molecule has 0 atom stereocenters. The summed E-state index contributed by atoms with van der Waals surface area (Å²) in [5.74, 6) is -0.321. The zero-order valence-corrected chi connectivity index (χ0v) is 16.5. The van der Waals surface area contributed by atoms with Crippen LogP contribution in [-0.4, -0.2) is 61.2 Å². The van der Waals surface area contributed by atoms with E-state index in [0.29, 0.717) is 26.2 Å². The van der Waals surface area contributed by atoms with E-state index in [1.807, 2.05) is 0 Å². The Morgan fingerprint density at radius 1 is 1.04 bits per heavy atom. The van der Waals surface area contributed by atoms with Crippen LogP contribution in [0.25, 0.3) is 0 Å². The number of ether oxygens (including phenoxy) is 1. The lowest BCUT2D eigenvalue weighted by Crippen LogP contribution is -2.35. The Hall–Kier alpha value is -2.20. The summed E-state index contributed by atoms with van der Waals surface area (Å²) in [4.78, 5) is 24.7. The fraction of sp³-hybridized carbons (Fsp3) is 0.611. The Labute approximate surface area is 164 Å². The van der Waals surface area contributed by atoms with Gasteiger partial charge in [-0.05, 0) is 37.8 Å². The van der Waals surface area contributed by atoms with Crippen molar-refractivity contribution in [3.63, 3.8) is 0 Å². The van der Waals surface area contributed by atoms with Crippen LogP contribution in [0.4, 0.5) is 5.69 Å². The number of hydrogen-bond donors (Lipinski definition) is 0. The number of benzene rings is 1. The minimum atomic E-state index is -3.77. The summed E-state index contributed by atoms with van der Waals surface area (Å²) in [5, 5.41) is 11.4. The molecule has 28 heavy (non-hydrogen) atoms. The second kappa shape index (κ2) is 8.87. The molecule has 3 rings (SSSR count). The molecule has 10 heteroatoms. The Kier molecular flexibility index (Phi) is 6.50. The van der Waals surface area contributed by atoms with Crippen molar-refractivity contribution in [3.8, 4) is 5.75 Å². The van der Waals surface area contributed by atoms with Crippen LogP contribution < -0.4 is 4.74 Å². The molecule has 2 aliphatic heterocycles. The van der Waals surface area contributed by atoms with E-state index < -0.39 is 20.6 Å². The van der Waals surface area contributed by atoms with Gasteiger partial charge >= 0.3 is 5.69 Å². The van der Waals surface area contributed by atoms with Crippen LogP contribution in [0, 0.1) is 10.1 Å². The molecule has 0 spiro atoms. The second-order valence-electron chi connectivity index (χ2n) is 7.08. The Balaban J connectivity index is 1.74. The van der Waals surface area contributed by atoms with Crippen LogP contribution in [0.3, 0.4) is 0 Å². The molecule has 0 radical (unpaired) electrons. The van der Waals surface area contributed by atoms with Crippen LogP contribution in [-0.2, 0) is 14.8 Å². The Bertz CT molecular complexity index is 828. The molecular weight excluding hydrogens is 386 g/mol. The number of nitrogens with zero attached hydrogens (tertiary/aromatic N) is 3. The highest BCUT2D eigenvalue weighted by Gasteiger charge is 2.30. The molecule has 2 heterocycles. The van der Waals surface area contributed by atoms with E-state index >= 15 is 0 Å². The molecule has 0 N–H and O–H groups in total. The number of likely N-dealkylation sites (tertiary alicyclic amines) is 1. The molecule has 0 unspecified atom stereocenters. The Morgan fingerprint density at radius 3 is 2.25 bits per heavy atom. The number of nitro benzene ring substituents is 1. The van der Waals surface area contributed by atoms with Crippen LogP contribution in [0.5, 0.6) is 5.75 Å². The van der Waals surface area contributed by atoms with Crippen molar-refractivity contribution in [2.24, 2.45) is 0 Å². The highest BCUT2D eigenvalue weighted by atomic mass is 32.2. The lowest BCUT2D eigenvalue weighted by molar-refractivity contribution is -0.386. The van der Waals surface area contributed by atoms with E-state index in [1.54, 1.807) is 4.90 Å². The molecule has 0 saturated carbocycles. The summed E-state index contributed by atoms with van der Waals surface area (Å²) in [5.41, 5.74) is -0.455. The average Bonchev–Trinajstić information content (AvgIpc) is 3.09. The van der Waals surface area contributed by atoms with Gasteiger partial charge in [0.15, 0.2) is 12.4 Å². The van der Waals surface area contributed by atoms with Gasteiger partial charge < -0.3 is 9.64 Å². The van der Waals surface area contributed by atoms with Crippen LogP contribution in [0.2, 0.25) is 0 Å². The van der Waals surface area contributed by atoms with Gasteiger partial charge in [0, 0.05) is 32.2 Å². The first-order valence-electron chi connectivity index (χ1n) is 9.59. The first-order valence-corrected chi connectivity index (χ1v) is 11.0. The summed E-state index contributed by atoms with van der Waals surface area (Å²) in [6.07, 6.45) is 5.61. The minimum absolute atomic E-state index is 0.103. The summed E-state index contributed by atoms with van der Waals surface area (Å²) < 4.78 is 32.0. The largest absolute Gasteiger partial charge is 0.477 e. The summed E-state index contributed by atoms with van der Waals surface area (Å²) in [7, 11) is -3.77. The van der Waals surface area contributed by atoms with Gasteiger partial charge in [0.25, 0.3) is 5.91 Å². The van der Waals surface area contributed by atoms with Crippen molar-refractivity contribution in [2.45, 2.75) is 43.4 Å². The molecule has 0 aliphatic carbocycles. The molecule has 1 amide bonds. The summed E-state index contributed by atoms with van der Waals surface area (Å²) in [6, 6.07) is 3.57. The maximum absolute atomic E-state index is 12.6. The summed E-state index contributed by atoms with van der Waals surface area (Å²) >= 11 is 0. The predicted octanol–water partition coefficient (Wildman–Crippen LogP) is 2.16. The van der Waals surface area contributed by atoms with Gasteiger partial charge in [-0.15, -0.1) is 0 Å². The number of carbonyl (C=O) groups excluding carboxylic acids is 1. The highest BCUT2D eigenvalue weighted by molar-refractivity contribution is 7.89. The van der Waals surface area contributed by atoms with Gasteiger partial charge in [-0.1, -0.05) is 12.8 Å². The van der Waals surface area contributed by atoms with Crippen LogP contribution in [0.1, 0.15) is 38.5 Å². The highest BCUT2D eigenvalue weighted by Crippen LogP contribution is 2.31. The number of rotatable bonds is 6. The van der Waals surface area contributed by atoms with Gasteiger partial charge in [-0.3, -0.25) is 14.9 Å². The summed E-state index contributed by atoms with van der Waals surface area (Å²) in [6.45, 7) is 1.85. The van der Waals surface area contributed by atoms with Crippen molar-refractivity contribution in [1.82, 2.24) is 9.21 Å². The first kappa shape index (κ1) is 20.5. The van der Waals surface area contributed by atoms with E-state index in [4.69, 9.17) is 4.74 Å². The maximum Gasteiger partial charge on any atom is 0.312 e. The van der Waals surface area contributed by atoms with E-state index in [0.717, 1.165) is 44.6 Å². The number of nitro groups is 1. The topological polar surface area (TPSA) is 110 Å². The standard InChI is InChI=1S/C18H25N3O6S/c22-18(19-9-3-1-2-4-10-19)14-27-17-8-7-15(13-16(17)21(23)24)28(25,26)20-11-5-6-12-20/h7-8,13H,1-6,9-12,14H2. The third-order valence-electron chi connectivity index (χ3n) is 5.14. The molecule has 0 aromatic heterocycles. The monoisotopic (exact) mass is 411 g/mol. The normalized spacial score (nSPS) is 18.6. The molecule has 1 aromatic rings. The number of sulfonamides is 1. The lowest BCUT2D eigenvalue weighted by Gasteiger charge is -2.20. The van der Waals surface area contributed by atoms with Gasteiger partial charge in [-0.25, -0.2) is 8.42 Å². The van der Waals surface area contributed by atoms with Gasteiger partial charge in [-0.2, -0.15) is 4.31 Å². The zero-order valence-electron chi connectivity index (χ0n) is 15.7. The molecule has 0 bridgehead atoms. The van der Waals surface area contributed by atoms with Crippen molar-refractivity contribution in [2.75, 3.05) is 32.8 Å². The van der Waals surface area contributed by atoms with Crippen molar-refractivity contribution in [1.29, 1.82) is 0 Å². The average molecular weight is 411 g/mol. The fourth-order valence-corrected chi connectivity index (χ4v) is 5.09. The molecule has 1 aromatic carbocycles. The molecule has 2 aliphatic rings. The fourth-order valence-electron chi connectivity index (χ4n) is 3.55. The molecule has 2 fully saturated rings. The van der Waals surface area contributed by atoms with Crippen molar-refractivity contribution >= 4 is 21.6 Å². The van der Waals surface area contributed by atoms with Gasteiger partial charge in [0.2, 0.25) is 10.0 Å². The van der Waals surface area contributed by atoms with E-state index in [9.17, 15) is 23.3 Å². The third-order valence-corrected chi connectivity index (χ3v) is 7.03. The molecule has 154 valence electrons. The maximum atomic E-state index is 12.6. The number of carbonyl (C=O) groups is 1.